The lowest BCUT2D eigenvalue weighted by atomic mass is 9.97. The van der Waals surface area contributed by atoms with Crippen molar-refractivity contribution in [3.05, 3.63) is 23.0 Å². The summed E-state index contributed by atoms with van der Waals surface area (Å²) < 4.78 is 24.4. The van der Waals surface area contributed by atoms with Crippen molar-refractivity contribution < 1.29 is 13.2 Å². The largest absolute Gasteiger partial charge is 0.294 e. The molecule has 0 unspecified atom stereocenters. The molecule has 2 rings (SSSR count). The van der Waals surface area contributed by atoms with Gasteiger partial charge in [0.15, 0.2) is 5.78 Å². The van der Waals surface area contributed by atoms with Gasteiger partial charge in [0.25, 0.3) is 0 Å². The number of nitrogens with zero attached hydrogens (tertiary/aromatic N) is 1. The number of Topliss-reactive ketones (excluding diaryl/α,β-unsaturated/α-hetero) is 1. The minimum atomic E-state index is -3.29. The van der Waals surface area contributed by atoms with Crippen LogP contribution in [-0.2, 0) is 16.4 Å². The molecule has 1 aliphatic carbocycles. The van der Waals surface area contributed by atoms with Gasteiger partial charge in [-0.3, -0.25) is 4.79 Å². The molecule has 5 heteroatoms. The van der Waals surface area contributed by atoms with Gasteiger partial charge in [0, 0.05) is 23.4 Å². The minimum absolute atomic E-state index is 0.0572. The lowest BCUT2D eigenvalue weighted by molar-refractivity contribution is 0.0972. The van der Waals surface area contributed by atoms with Crippen molar-refractivity contribution >= 4 is 15.8 Å². The van der Waals surface area contributed by atoms with Crippen LogP contribution >= 0.6 is 0 Å². The van der Waals surface area contributed by atoms with Gasteiger partial charge in [-0.05, 0) is 25.8 Å². The highest BCUT2D eigenvalue weighted by Gasteiger charge is 2.25. The molecule has 1 aliphatic rings. The van der Waals surface area contributed by atoms with E-state index in [0.717, 1.165) is 6.42 Å². The van der Waals surface area contributed by atoms with Crippen LogP contribution in [0.1, 0.15) is 34.6 Å². The Labute approximate surface area is 89.0 Å². The van der Waals surface area contributed by atoms with Crippen molar-refractivity contribution in [3.8, 4) is 0 Å². The average Bonchev–Trinajstić information content (AvgIpc) is 2.41. The predicted molar refractivity (Wildman–Crippen MR) is 56.7 cm³/mol. The molecule has 0 fully saturated rings. The van der Waals surface area contributed by atoms with E-state index in [1.54, 1.807) is 13.0 Å². The van der Waals surface area contributed by atoms with Crippen LogP contribution in [0.4, 0.5) is 0 Å². The number of ketones is 1. The number of aromatic nitrogens is 1. The normalized spacial score (nSPS) is 16.5. The quantitative estimate of drug-likeness (QED) is 0.722. The molecule has 0 saturated carbocycles. The number of carbonyl (C=O) groups excluding carboxylic acids is 1. The Morgan fingerprint density at radius 3 is 2.60 bits per heavy atom. The number of carbonyl (C=O) groups is 1. The van der Waals surface area contributed by atoms with Crippen molar-refractivity contribution in [2.75, 3.05) is 6.26 Å². The van der Waals surface area contributed by atoms with Gasteiger partial charge in [0.1, 0.15) is 0 Å². The van der Waals surface area contributed by atoms with Gasteiger partial charge in [-0.2, -0.15) is 0 Å². The summed E-state index contributed by atoms with van der Waals surface area (Å²) in [7, 11) is -3.29. The van der Waals surface area contributed by atoms with E-state index in [2.05, 4.69) is 0 Å². The molecule has 0 aromatic carbocycles. The molecule has 0 radical (unpaired) electrons. The Morgan fingerprint density at radius 1 is 1.33 bits per heavy atom. The molecule has 0 N–H and O–H groups in total. The van der Waals surface area contributed by atoms with Crippen LogP contribution in [0.15, 0.2) is 6.07 Å². The third-order valence-corrected chi connectivity index (χ3v) is 3.85. The maximum atomic E-state index is 11.6. The fourth-order valence-corrected chi connectivity index (χ4v) is 3.33. The van der Waals surface area contributed by atoms with Crippen molar-refractivity contribution in [3.63, 3.8) is 0 Å². The van der Waals surface area contributed by atoms with E-state index in [9.17, 15) is 13.2 Å². The standard InChI is InChI=1S/C10H13NO3S/c1-7-6-8-9(4-3-5-10(8)12)11(7)15(2,13)14/h6H,3-5H2,1-2H3. The second-order valence-corrected chi connectivity index (χ2v) is 5.78. The third-order valence-electron chi connectivity index (χ3n) is 2.68. The molecule has 0 saturated heterocycles. The fourth-order valence-electron chi connectivity index (χ4n) is 2.16. The van der Waals surface area contributed by atoms with Crippen LogP contribution in [0.25, 0.3) is 0 Å². The lowest BCUT2D eigenvalue weighted by Crippen LogP contribution is -2.18. The number of aryl methyl sites for hydroxylation is 1. The van der Waals surface area contributed by atoms with Gasteiger partial charge in [-0.15, -0.1) is 0 Å². The van der Waals surface area contributed by atoms with E-state index in [1.165, 1.54) is 10.2 Å². The van der Waals surface area contributed by atoms with Crippen LogP contribution in [0.3, 0.4) is 0 Å². The summed E-state index contributed by atoms with van der Waals surface area (Å²) in [4.78, 5) is 11.6. The molecule has 0 aliphatic heterocycles. The molecular formula is C10H13NO3S. The maximum absolute atomic E-state index is 11.6. The zero-order valence-electron chi connectivity index (χ0n) is 8.78. The first kappa shape index (κ1) is 10.4. The molecule has 0 atom stereocenters. The molecule has 1 aromatic heterocycles. The van der Waals surface area contributed by atoms with Crippen LogP contribution in [0, 0.1) is 6.92 Å². The molecular weight excluding hydrogens is 214 g/mol. The number of hydrogen-bond acceptors (Lipinski definition) is 3. The van der Waals surface area contributed by atoms with Crippen LogP contribution in [0.5, 0.6) is 0 Å². The summed E-state index contributed by atoms with van der Waals surface area (Å²) in [6, 6.07) is 1.68. The van der Waals surface area contributed by atoms with Gasteiger partial charge >= 0.3 is 0 Å². The Hall–Kier alpha value is -1.10. The number of hydrogen-bond donors (Lipinski definition) is 0. The smallest absolute Gasteiger partial charge is 0.236 e. The average molecular weight is 227 g/mol. The van der Waals surface area contributed by atoms with E-state index in [0.29, 0.717) is 29.8 Å². The van der Waals surface area contributed by atoms with E-state index < -0.39 is 10.0 Å². The monoisotopic (exact) mass is 227 g/mol. The van der Waals surface area contributed by atoms with Crippen molar-refractivity contribution in [1.29, 1.82) is 0 Å². The highest BCUT2D eigenvalue weighted by Crippen LogP contribution is 2.25. The molecule has 4 nitrogen and oxygen atoms in total. The SMILES string of the molecule is Cc1cc2c(n1S(C)(=O)=O)CCCC2=O. The van der Waals surface area contributed by atoms with E-state index in [4.69, 9.17) is 0 Å². The lowest BCUT2D eigenvalue weighted by Gasteiger charge is -2.14. The Balaban J connectivity index is 2.73. The summed E-state index contributed by atoms with van der Waals surface area (Å²) in [6.07, 6.45) is 3.10. The molecule has 82 valence electrons. The topological polar surface area (TPSA) is 56.1 Å². The molecule has 1 aromatic rings. The van der Waals surface area contributed by atoms with Crippen molar-refractivity contribution in [2.45, 2.75) is 26.2 Å². The van der Waals surface area contributed by atoms with Crippen LogP contribution in [0.2, 0.25) is 0 Å². The fraction of sp³-hybridized carbons (Fsp3) is 0.500. The summed E-state index contributed by atoms with van der Waals surface area (Å²) >= 11 is 0. The van der Waals surface area contributed by atoms with E-state index in [-0.39, 0.29) is 5.78 Å². The Kier molecular flexibility index (Phi) is 2.22. The first-order valence-corrected chi connectivity index (χ1v) is 6.71. The molecule has 1 heterocycles. The van der Waals surface area contributed by atoms with E-state index in [1.807, 2.05) is 0 Å². The van der Waals surface area contributed by atoms with Gasteiger partial charge in [-0.25, -0.2) is 12.4 Å². The van der Waals surface area contributed by atoms with Crippen LogP contribution < -0.4 is 0 Å². The first-order valence-electron chi connectivity index (χ1n) is 4.86. The highest BCUT2D eigenvalue weighted by atomic mass is 32.2. The maximum Gasteiger partial charge on any atom is 0.236 e. The zero-order chi connectivity index (χ0) is 11.2. The van der Waals surface area contributed by atoms with Crippen LogP contribution in [-0.4, -0.2) is 24.4 Å². The van der Waals surface area contributed by atoms with Gasteiger partial charge < -0.3 is 0 Å². The molecule has 15 heavy (non-hydrogen) atoms. The van der Waals surface area contributed by atoms with E-state index >= 15 is 0 Å². The zero-order valence-corrected chi connectivity index (χ0v) is 9.60. The predicted octanol–water partition coefficient (Wildman–Crippen LogP) is 1.12. The first-order chi connectivity index (χ1) is 6.91. The summed E-state index contributed by atoms with van der Waals surface area (Å²) in [6.45, 7) is 1.71. The molecule has 0 bridgehead atoms. The highest BCUT2D eigenvalue weighted by molar-refractivity contribution is 7.89. The van der Waals surface area contributed by atoms with Gasteiger partial charge in [0.05, 0.1) is 6.26 Å². The van der Waals surface area contributed by atoms with Crippen molar-refractivity contribution in [1.82, 2.24) is 3.97 Å². The number of rotatable bonds is 1. The van der Waals surface area contributed by atoms with Crippen molar-refractivity contribution in [2.24, 2.45) is 0 Å². The minimum Gasteiger partial charge on any atom is -0.294 e. The van der Waals surface area contributed by atoms with Gasteiger partial charge in [0.2, 0.25) is 10.0 Å². The third kappa shape index (κ3) is 1.61. The van der Waals surface area contributed by atoms with Gasteiger partial charge in [-0.1, -0.05) is 0 Å². The number of fused-ring (bicyclic) bond motifs is 1. The Bertz CT molecular complexity index is 525. The molecule has 0 spiro atoms. The summed E-state index contributed by atoms with van der Waals surface area (Å²) in [5.41, 5.74) is 1.87. The Morgan fingerprint density at radius 2 is 2.00 bits per heavy atom. The summed E-state index contributed by atoms with van der Waals surface area (Å²) in [5.74, 6) is 0.0572. The summed E-state index contributed by atoms with van der Waals surface area (Å²) in [5, 5.41) is 0. The second-order valence-electron chi connectivity index (χ2n) is 3.95. The second kappa shape index (κ2) is 3.20. The molecule has 0 amide bonds.